The number of carbonyl (C=O) groups is 1. The second-order valence-corrected chi connectivity index (χ2v) is 11.9. The molecule has 7 nitrogen and oxygen atoms in total. The molecule has 5 rings (SSSR count). The van der Waals surface area contributed by atoms with Crippen molar-refractivity contribution in [2.45, 2.75) is 103 Å². The van der Waals surface area contributed by atoms with Gasteiger partial charge in [-0.3, -0.25) is 9.78 Å². The highest BCUT2D eigenvalue weighted by Gasteiger charge is 2.32. The van der Waals surface area contributed by atoms with E-state index in [1.54, 1.807) is 0 Å². The van der Waals surface area contributed by atoms with Gasteiger partial charge in [0.1, 0.15) is 5.65 Å². The van der Waals surface area contributed by atoms with E-state index in [4.69, 9.17) is 4.98 Å². The normalized spacial score (nSPS) is 21.2. The van der Waals surface area contributed by atoms with E-state index >= 15 is 0 Å². The Hall–Kier alpha value is -3.10. The monoisotopic (exact) mass is 552 g/mol. The summed E-state index contributed by atoms with van der Waals surface area (Å²) in [7, 11) is 0. The molecule has 1 atom stereocenters. The Morgan fingerprint density at radius 2 is 1.73 bits per heavy atom. The summed E-state index contributed by atoms with van der Waals surface area (Å²) in [4.78, 5) is 29.2. The maximum Gasteiger partial charge on any atom is 0.253 e. The van der Waals surface area contributed by atoms with E-state index in [1.807, 2.05) is 37.1 Å². The van der Waals surface area contributed by atoms with Crippen molar-refractivity contribution < 1.29 is 13.6 Å². The van der Waals surface area contributed by atoms with Crippen LogP contribution in [0.3, 0.4) is 0 Å². The number of aromatic nitrogens is 4. The van der Waals surface area contributed by atoms with Crippen LogP contribution in [-0.4, -0.2) is 55.9 Å². The fourth-order valence-corrected chi connectivity index (χ4v) is 6.62. The molecule has 0 spiro atoms. The first-order chi connectivity index (χ1) is 19.2. The zero-order valence-electron chi connectivity index (χ0n) is 24.2. The highest BCUT2D eigenvalue weighted by molar-refractivity contribution is 5.94. The predicted molar refractivity (Wildman–Crippen MR) is 154 cm³/mol. The lowest BCUT2D eigenvalue weighted by Crippen LogP contribution is -2.38. The molecule has 4 heterocycles. The minimum Gasteiger partial charge on any atom is -0.352 e. The minimum absolute atomic E-state index is 0.0607. The number of aryl methyl sites for hydroxylation is 2. The zero-order chi connectivity index (χ0) is 28.4. The van der Waals surface area contributed by atoms with E-state index in [2.05, 4.69) is 39.9 Å². The maximum absolute atomic E-state index is 13.4. The standard InChI is InChI=1S/C31H42F2N6O/c1-5-6-19(2)36-31-34-17-26-27(18-39(29(26)37-31)25-9-7-23(8-10-25)28(32)33)22-11-13-38(14-12-22)30(40)24-15-20(3)35-21(4)16-24/h15-19,22-23,25,28H,5-14H2,1-4H3,(H,34,36,37)/t19-,23-,25-/m0/s1. The van der Waals surface area contributed by atoms with Crippen molar-refractivity contribution in [1.82, 2.24) is 24.4 Å². The minimum atomic E-state index is -2.25. The predicted octanol–water partition coefficient (Wildman–Crippen LogP) is 7.06. The average Bonchev–Trinajstić information content (AvgIpc) is 3.31. The molecule has 0 aromatic carbocycles. The number of amides is 1. The number of nitrogens with zero attached hydrogens (tertiary/aromatic N) is 5. The summed E-state index contributed by atoms with van der Waals surface area (Å²) in [5, 5.41) is 4.47. The topological polar surface area (TPSA) is 75.9 Å². The number of anilines is 1. The van der Waals surface area contributed by atoms with E-state index in [0.717, 1.165) is 60.9 Å². The van der Waals surface area contributed by atoms with Gasteiger partial charge in [0.05, 0.1) is 0 Å². The van der Waals surface area contributed by atoms with E-state index < -0.39 is 12.3 Å². The summed E-state index contributed by atoms with van der Waals surface area (Å²) in [5.74, 6) is 0.455. The third kappa shape index (κ3) is 6.13. The van der Waals surface area contributed by atoms with Crippen LogP contribution < -0.4 is 5.32 Å². The third-order valence-corrected chi connectivity index (χ3v) is 8.74. The molecular formula is C31H42F2N6O. The number of nitrogens with one attached hydrogen (secondary N) is 1. The van der Waals surface area contributed by atoms with Crippen molar-refractivity contribution >= 4 is 22.9 Å². The second kappa shape index (κ2) is 12.2. The summed E-state index contributed by atoms with van der Waals surface area (Å²) in [6.07, 6.45) is 8.26. The molecule has 2 aliphatic rings. The molecule has 216 valence electrons. The number of hydrogen-bond acceptors (Lipinski definition) is 5. The molecule has 1 saturated carbocycles. The average molecular weight is 553 g/mol. The number of halogens is 2. The van der Waals surface area contributed by atoms with Gasteiger partial charge in [0.25, 0.3) is 5.91 Å². The molecular weight excluding hydrogens is 510 g/mol. The molecule has 1 amide bonds. The lowest BCUT2D eigenvalue weighted by Gasteiger charge is -2.32. The van der Waals surface area contributed by atoms with Crippen LogP contribution in [0.25, 0.3) is 11.0 Å². The van der Waals surface area contributed by atoms with Gasteiger partial charge in [0, 0.05) is 65.8 Å². The zero-order valence-corrected chi connectivity index (χ0v) is 24.2. The molecule has 3 aromatic heterocycles. The fraction of sp³-hybridized carbons (Fsp3) is 0.613. The maximum atomic E-state index is 13.4. The van der Waals surface area contributed by atoms with Crippen molar-refractivity contribution in [2.24, 2.45) is 5.92 Å². The molecule has 2 fully saturated rings. The second-order valence-electron chi connectivity index (χ2n) is 11.9. The quantitative estimate of drug-likeness (QED) is 0.324. The van der Waals surface area contributed by atoms with Gasteiger partial charge in [0.15, 0.2) is 0 Å². The number of pyridine rings is 1. The van der Waals surface area contributed by atoms with Crippen molar-refractivity contribution in [3.05, 3.63) is 47.0 Å². The smallest absolute Gasteiger partial charge is 0.253 e. The first-order valence-corrected chi connectivity index (χ1v) is 14.9. The largest absolute Gasteiger partial charge is 0.352 e. The van der Waals surface area contributed by atoms with Crippen LogP contribution in [0.4, 0.5) is 14.7 Å². The van der Waals surface area contributed by atoms with Crippen LogP contribution in [0.15, 0.2) is 24.5 Å². The van der Waals surface area contributed by atoms with Gasteiger partial charge in [0.2, 0.25) is 12.4 Å². The Balaban J connectivity index is 1.38. The van der Waals surface area contributed by atoms with E-state index in [1.165, 1.54) is 5.56 Å². The Bertz CT molecular complexity index is 1300. The molecule has 0 unspecified atom stereocenters. The Morgan fingerprint density at radius 3 is 2.35 bits per heavy atom. The molecule has 1 aliphatic carbocycles. The molecule has 1 N–H and O–H groups in total. The third-order valence-electron chi connectivity index (χ3n) is 8.74. The number of hydrogen-bond donors (Lipinski definition) is 1. The summed E-state index contributed by atoms with van der Waals surface area (Å²) >= 11 is 0. The highest BCUT2D eigenvalue weighted by atomic mass is 19.3. The van der Waals surface area contributed by atoms with Gasteiger partial charge >= 0.3 is 0 Å². The van der Waals surface area contributed by atoms with Crippen molar-refractivity contribution in [1.29, 1.82) is 0 Å². The molecule has 9 heteroatoms. The molecule has 1 aliphatic heterocycles. The fourth-order valence-electron chi connectivity index (χ4n) is 6.62. The van der Waals surface area contributed by atoms with Gasteiger partial charge in [-0.15, -0.1) is 0 Å². The summed E-state index contributed by atoms with van der Waals surface area (Å²) in [5.41, 5.74) is 4.50. The molecule has 40 heavy (non-hydrogen) atoms. The summed E-state index contributed by atoms with van der Waals surface area (Å²) in [6.45, 7) is 9.50. The summed E-state index contributed by atoms with van der Waals surface area (Å²) in [6, 6.07) is 4.15. The first-order valence-electron chi connectivity index (χ1n) is 14.9. The van der Waals surface area contributed by atoms with Crippen LogP contribution in [0.2, 0.25) is 0 Å². The van der Waals surface area contributed by atoms with Crippen molar-refractivity contribution in [3.8, 4) is 0 Å². The molecule has 1 saturated heterocycles. The van der Waals surface area contributed by atoms with E-state index in [0.29, 0.717) is 37.4 Å². The van der Waals surface area contributed by atoms with E-state index in [-0.39, 0.29) is 23.9 Å². The SMILES string of the molecule is CCC[C@H](C)Nc1ncc2c(C3CCN(C(=O)c4cc(C)nc(C)c4)CC3)cn([C@H]3CC[C@H](C(F)F)CC3)c2n1. The van der Waals surface area contributed by atoms with Gasteiger partial charge in [-0.1, -0.05) is 13.3 Å². The Morgan fingerprint density at radius 1 is 1.05 bits per heavy atom. The number of rotatable bonds is 8. The van der Waals surface area contributed by atoms with Crippen LogP contribution in [0.1, 0.15) is 104 Å². The Kier molecular flexibility index (Phi) is 8.66. The van der Waals surface area contributed by atoms with Crippen molar-refractivity contribution in [3.63, 3.8) is 0 Å². The first kappa shape index (κ1) is 28.4. The van der Waals surface area contributed by atoms with Gasteiger partial charge in [-0.2, -0.15) is 4.98 Å². The van der Waals surface area contributed by atoms with Crippen LogP contribution in [-0.2, 0) is 0 Å². The van der Waals surface area contributed by atoms with E-state index in [9.17, 15) is 13.6 Å². The lowest BCUT2D eigenvalue weighted by molar-refractivity contribution is 0.0481. The number of fused-ring (bicyclic) bond motifs is 1. The van der Waals surface area contributed by atoms with Crippen LogP contribution >= 0.6 is 0 Å². The van der Waals surface area contributed by atoms with Gasteiger partial charge in [-0.05, 0) is 89.3 Å². The van der Waals surface area contributed by atoms with Crippen LogP contribution in [0.5, 0.6) is 0 Å². The Labute approximate surface area is 235 Å². The van der Waals surface area contributed by atoms with Crippen LogP contribution in [0, 0.1) is 19.8 Å². The highest BCUT2D eigenvalue weighted by Crippen LogP contribution is 2.40. The molecule has 0 bridgehead atoms. The summed E-state index contributed by atoms with van der Waals surface area (Å²) < 4.78 is 29.0. The van der Waals surface area contributed by atoms with Gasteiger partial charge < -0.3 is 14.8 Å². The van der Waals surface area contributed by atoms with Crippen molar-refractivity contribution in [2.75, 3.05) is 18.4 Å². The lowest BCUT2D eigenvalue weighted by atomic mass is 9.86. The molecule has 0 radical (unpaired) electrons. The number of likely N-dealkylation sites (tertiary alicyclic amines) is 1. The number of piperidine rings is 1. The number of alkyl halides is 2. The molecule has 3 aromatic rings. The number of carbonyl (C=O) groups excluding carboxylic acids is 1. The van der Waals surface area contributed by atoms with Gasteiger partial charge in [-0.25, -0.2) is 13.8 Å².